The van der Waals surface area contributed by atoms with Crippen LogP contribution < -0.4 is 4.90 Å². The number of anilines is 1. The molecule has 1 aliphatic rings. The molecule has 6 heteroatoms. The van der Waals surface area contributed by atoms with Gasteiger partial charge in [-0.25, -0.2) is 4.39 Å². The first kappa shape index (κ1) is 19.1. The molecular formula is C20H22ClFN2OS. The second kappa shape index (κ2) is 8.78. The fourth-order valence-electron chi connectivity index (χ4n) is 3.07. The normalized spacial score (nSPS) is 15.8. The molecule has 3 rings (SSSR count). The lowest BCUT2D eigenvalue weighted by molar-refractivity contribution is -0.130. The predicted molar refractivity (Wildman–Crippen MR) is 107 cm³/mol. The van der Waals surface area contributed by atoms with E-state index in [1.54, 1.807) is 23.9 Å². The first-order valence-electron chi connectivity index (χ1n) is 8.79. The molecule has 0 radical (unpaired) electrons. The van der Waals surface area contributed by atoms with Crippen molar-refractivity contribution < 1.29 is 9.18 Å². The Morgan fingerprint density at radius 1 is 1.12 bits per heavy atom. The lowest BCUT2D eigenvalue weighted by Gasteiger charge is -2.37. The minimum Gasteiger partial charge on any atom is -0.366 e. The van der Waals surface area contributed by atoms with Crippen molar-refractivity contribution in [2.45, 2.75) is 23.5 Å². The van der Waals surface area contributed by atoms with Crippen LogP contribution in [0.15, 0.2) is 53.4 Å². The summed E-state index contributed by atoms with van der Waals surface area (Å²) in [5.41, 5.74) is 0.613. The Bertz CT molecular complexity index is 748. The summed E-state index contributed by atoms with van der Waals surface area (Å²) in [5.74, 6) is -0.0577. The number of para-hydroxylation sites is 1. The molecule has 1 atom stereocenters. The van der Waals surface area contributed by atoms with E-state index in [4.69, 9.17) is 11.6 Å². The zero-order valence-corrected chi connectivity index (χ0v) is 16.3. The molecule has 3 nitrogen and oxygen atoms in total. The van der Waals surface area contributed by atoms with Gasteiger partial charge in [0.25, 0.3) is 0 Å². The molecular weight excluding hydrogens is 371 g/mol. The van der Waals surface area contributed by atoms with Crippen LogP contribution in [0.4, 0.5) is 10.1 Å². The van der Waals surface area contributed by atoms with Crippen molar-refractivity contribution in [1.82, 2.24) is 4.90 Å². The molecule has 1 aliphatic heterocycles. The minimum atomic E-state index is -0.211. The summed E-state index contributed by atoms with van der Waals surface area (Å²) in [6.45, 7) is 4.56. The average Bonchev–Trinajstić information content (AvgIpc) is 2.67. The molecule has 2 aromatic carbocycles. The third-order valence-corrected chi connectivity index (χ3v) is 6.14. The van der Waals surface area contributed by atoms with E-state index in [0.29, 0.717) is 36.9 Å². The number of piperazine rings is 1. The smallest absolute Gasteiger partial charge is 0.236 e. The highest BCUT2D eigenvalue weighted by atomic mass is 35.5. The van der Waals surface area contributed by atoms with E-state index >= 15 is 0 Å². The molecule has 138 valence electrons. The first-order valence-corrected chi connectivity index (χ1v) is 10.0. The van der Waals surface area contributed by atoms with Gasteiger partial charge in [-0.2, -0.15) is 0 Å². The Morgan fingerprint density at radius 3 is 2.38 bits per heavy atom. The highest BCUT2D eigenvalue weighted by Crippen LogP contribution is 2.28. The van der Waals surface area contributed by atoms with Gasteiger partial charge < -0.3 is 9.80 Å². The lowest BCUT2D eigenvalue weighted by atomic mass is 10.2. The Morgan fingerprint density at radius 2 is 1.77 bits per heavy atom. The second-order valence-electron chi connectivity index (χ2n) is 6.23. The summed E-state index contributed by atoms with van der Waals surface area (Å²) in [6.07, 6.45) is 0.764. The average molecular weight is 393 g/mol. The number of nitrogens with zero attached hydrogens (tertiary/aromatic N) is 2. The van der Waals surface area contributed by atoms with Crippen molar-refractivity contribution in [1.29, 1.82) is 0 Å². The van der Waals surface area contributed by atoms with Crippen LogP contribution in [0.5, 0.6) is 0 Å². The van der Waals surface area contributed by atoms with Crippen molar-refractivity contribution in [2.24, 2.45) is 0 Å². The Kier molecular flexibility index (Phi) is 6.43. The van der Waals surface area contributed by atoms with Crippen molar-refractivity contribution in [3.05, 3.63) is 59.4 Å². The highest BCUT2D eigenvalue weighted by Gasteiger charge is 2.27. The van der Waals surface area contributed by atoms with E-state index in [0.717, 1.165) is 11.3 Å². The van der Waals surface area contributed by atoms with Gasteiger partial charge in [0.1, 0.15) is 5.82 Å². The Balaban J connectivity index is 1.59. The molecule has 0 N–H and O–H groups in total. The number of halogens is 2. The maximum absolute atomic E-state index is 13.9. The molecule has 0 aliphatic carbocycles. The molecule has 1 heterocycles. The molecule has 0 saturated carbocycles. The van der Waals surface area contributed by atoms with E-state index in [-0.39, 0.29) is 17.0 Å². The fourth-order valence-corrected chi connectivity index (χ4v) is 4.23. The molecule has 0 bridgehead atoms. The maximum Gasteiger partial charge on any atom is 0.236 e. The molecule has 26 heavy (non-hydrogen) atoms. The van der Waals surface area contributed by atoms with Crippen LogP contribution in [0, 0.1) is 5.82 Å². The summed E-state index contributed by atoms with van der Waals surface area (Å²) >= 11 is 7.50. The van der Waals surface area contributed by atoms with Crippen LogP contribution in [0.1, 0.15) is 13.3 Å². The summed E-state index contributed by atoms with van der Waals surface area (Å²) in [5, 5.41) is 0.578. The first-order chi connectivity index (χ1) is 12.6. The Labute approximate surface area is 163 Å². The van der Waals surface area contributed by atoms with Crippen LogP contribution in [-0.4, -0.2) is 42.2 Å². The second-order valence-corrected chi connectivity index (χ2v) is 7.94. The molecule has 0 aromatic heterocycles. The highest BCUT2D eigenvalue weighted by molar-refractivity contribution is 8.00. The van der Waals surface area contributed by atoms with Gasteiger partial charge in [0.15, 0.2) is 0 Å². The molecule has 1 fully saturated rings. The number of carbonyl (C=O) groups is 1. The number of thioether (sulfide) groups is 1. The number of hydrogen-bond acceptors (Lipinski definition) is 3. The summed E-state index contributed by atoms with van der Waals surface area (Å²) in [7, 11) is 0. The Hall–Kier alpha value is -1.72. The zero-order valence-electron chi connectivity index (χ0n) is 14.7. The van der Waals surface area contributed by atoms with Crippen molar-refractivity contribution in [3.63, 3.8) is 0 Å². The number of benzene rings is 2. The monoisotopic (exact) mass is 392 g/mol. The van der Waals surface area contributed by atoms with Gasteiger partial charge in [-0.3, -0.25) is 4.79 Å². The van der Waals surface area contributed by atoms with E-state index in [9.17, 15) is 9.18 Å². The summed E-state index contributed by atoms with van der Waals surface area (Å²) < 4.78 is 13.9. The number of amides is 1. The van der Waals surface area contributed by atoms with Gasteiger partial charge in [0.05, 0.1) is 10.9 Å². The topological polar surface area (TPSA) is 23.6 Å². The standard InChI is InChI=1S/C20H22ClFN2OS/c1-2-19(26-16-9-7-15(21)8-10-16)20(25)24-13-11-23(12-14-24)18-6-4-3-5-17(18)22/h3-10,19H,2,11-14H2,1H3/t19-/m1/s1. The van der Waals surface area contributed by atoms with E-state index in [1.807, 2.05) is 47.1 Å². The third kappa shape index (κ3) is 4.51. The van der Waals surface area contributed by atoms with Gasteiger partial charge >= 0.3 is 0 Å². The summed E-state index contributed by atoms with van der Waals surface area (Å²) in [4.78, 5) is 17.8. The summed E-state index contributed by atoms with van der Waals surface area (Å²) in [6, 6.07) is 14.4. The van der Waals surface area contributed by atoms with E-state index < -0.39 is 0 Å². The molecule has 1 saturated heterocycles. The van der Waals surface area contributed by atoms with E-state index in [1.165, 1.54) is 6.07 Å². The quantitative estimate of drug-likeness (QED) is 0.689. The van der Waals surface area contributed by atoms with Gasteiger partial charge in [0.2, 0.25) is 5.91 Å². The fraction of sp³-hybridized carbons (Fsp3) is 0.350. The van der Waals surface area contributed by atoms with Crippen molar-refractivity contribution in [2.75, 3.05) is 31.1 Å². The minimum absolute atomic E-state index is 0.115. The van der Waals surface area contributed by atoms with Crippen molar-refractivity contribution in [3.8, 4) is 0 Å². The third-order valence-electron chi connectivity index (χ3n) is 4.52. The largest absolute Gasteiger partial charge is 0.366 e. The molecule has 0 spiro atoms. The van der Waals surface area contributed by atoms with Crippen LogP contribution in [0.3, 0.4) is 0 Å². The number of rotatable bonds is 5. The van der Waals surface area contributed by atoms with Crippen LogP contribution in [-0.2, 0) is 4.79 Å². The van der Waals surface area contributed by atoms with E-state index in [2.05, 4.69) is 0 Å². The van der Waals surface area contributed by atoms with Gasteiger partial charge in [-0.1, -0.05) is 30.7 Å². The van der Waals surface area contributed by atoms with Crippen LogP contribution in [0.2, 0.25) is 5.02 Å². The SMILES string of the molecule is CC[C@@H](Sc1ccc(Cl)cc1)C(=O)N1CCN(c2ccccc2F)CC1. The lowest BCUT2D eigenvalue weighted by Crippen LogP contribution is -2.51. The van der Waals surface area contributed by atoms with Gasteiger partial charge in [-0.15, -0.1) is 11.8 Å². The number of carbonyl (C=O) groups excluding carboxylic acids is 1. The number of hydrogen-bond donors (Lipinski definition) is 0. The van der Waals surface area contributed by atoms with Gasteiger partial charge in [-0.05, 0) is 42.8 Å². The van der Waals surface area contributed by atoms with Crippen LogP contribution in [0.25, 0.3) is 0 Å². The zero-order chi connectivity index (χ0) is 18.5. The van der Waals surface area contributed by atoms with Crippen LogP contribution >= 0.6 is 23.4 Å². The maximum atomic E-state index is 13.9. The van der Waals surface area contributed by atoms with Gasteiger partial charge in [0, 0.05) is 36.1 Å². The predicted octanol–water partition coefficient (Wildman–Crippen LogP) is 4.70. The molecule has 2 aromatic rings. The molecule has 0 unspecified atom stereocenters. The molecule has 1 amide bonds. The van der Waals surface area contributed by atoms with Crippen molar-refractivity contribution >= 4 is 35.0 Å².